The highest BCUT2D eigenvalue weighted by atomic mass is 79.9. The molecule has 142 valence electrons. The van der Waals surface area contributed by atoms with E-state index < -0.39 is 24.3 Å². The highest BCUT2D eigenvalue weighted by molar-refractivity contribution is 9.10. The van der Waals surface area contributed by atoms with Crippen molar-refractivity contribution in [3.63, 3.8) is 0 Å². The molecule has 2 aromatic carbocycles. The van der Waals surface area contributed by atoms with Gasteiger partial charge in [-0.15, -0.1) is 0 Å². The Morgan fingerprint density at radius 3 is 2.11 bits per heavy atom. The van der Waals surface area contributed by atoms with Crippen molar-refractivity contribution < 1.29 is 28.3 Å². The number of aryl methyl sites for hydroxylation is 1. The van der Waals surface area contributed by atoms with Crippen LogP contribution in [0.15, 0.2) is 69.8 Å². The number of Topliss-reactive ketones (excluding diaryl/α,β-unsaturated/α-hetero) is 1. The van der Waals surface area contributed by atoms with E-state index in [0.29, 0.717) is 21.5 Å². The summed E-state index contributed by atoms with van der Waals surface area (Å²) in [5, 5.41) is 0. The van der Waals surface area contributed by atoms with Crippen LogP contribution in [0.3, 0.4) is 0 Å². The summed E-state index contributed by atoms with van der Waals surface area (Å²) >= 11 is 3.08. The minimum absolute atomic E-state index is 0.00181. The number of halogens is 1. The lowest BCUT2D eigenvalue weighted by atomic mass is 10.1. The summed E-state index contributed by atoms with van der Waals surface area (Å²) in [4.78, 5) is 36.0. The number of hydrogen-bond acceptors (Lipinski definition) is 6. The first-order valence-electron chi connectivity index (χ1n) is 8.27. The number of hydrogen-bond donors (Lipinski definition) is 0. The average molecular weight is 443 g/mol. The van der Waals surface area contributed by atoms with Crippen LogP contribution >= 0.6 is 15.9 Å². The molecule has 3 aromatic rings. The van der Waals surface area contributed by atoms with Crippen molar-refractivity contribution in [1.29, 1.82) is 0 Å². The van der Waals surface area contributed by atoms with Gasteiger partial charge in [0.1, 0.15) is 5.75 Å². The van der Waals surface area contributed by atoms with Gasteiger partial charge in [0.15, 0.2) is 17.1 Å². The Hall–Kier alpha value is -3.19. The van der Waals surface area contributed by atoms with E-state index in [1.165, 1.54) is 30.3 Å². The second kappa shape index (κ2) is 8.67. The SMILES string of the molecule is Cc1ccc(C(=O)Oc2ccc(C(=O)COC(=O)c3ccc(Br)o3)cc2)cc1. The van der Waals surface area contributed by atoms with Gasteiger partial charge in [-0.2, -0.15) is 0 Å². The normalized spacial score (nSPS) is 10.4. The molecule has 0 aliphatic carbocycles. The molecule has 0 aliphatic heterocycles. The molecule has 0 saturated heterocycles. The Morgan fingerprint density at radius 1 is 0.857 bits per heavy atom. The Labute approximate surface area is 169 Å². The van der Waals surface area contributed by atoms with Gasteiger partial charge in [-0.1, -0.05) is 17.7 Å². The molecule has 28 heavy (non-hydrogen) atoms. The predicted octanol–water partition coefficient (Wildman–Crippen LogP) is 4.61. The zero-order valence-electron chi connectivity index (χ0n) is 14.8. The second-order valence-corrected chi connectivity index (χ2v) is 6.66. The maximum Gasteiger partial charge on any atom is 0.374 e. The number of carbonyl (C=O) groups excluding carboxylic acids is 3. The Morgan fingerprint density at radius 2 is 1.50 bits per heavy atom. The van der Waals surface area contributed by atoms with Gasteiger partial charge in [0.2, 0.25) is 5.76 Å². The van der Waals surface area contributed by atoms with E-state index in [9.17, 15) is 14.4 Å². The van der Waals surface area contributed by atoms with Crippen molar-refractivity contribution in [1.82, 2.24) is 0 Å². The molecule has 0 amide bonds. The molecule has 0 unspecified atom stereocenters. The molecule has 3 rings (SSSR count). The van der Waals surface area contributed by atoms with Gasteiger partial charge in [-0.3, -0.25) is 4.79 Å². The maximum atomic E-state index is 12.1. The van der Waals surface area contributed by atoms with Crippen LogP contribution in [0.5, 0.6) is 5.75 Å². The van der Waals surface area contributed by atoms with E-state index in [1.807, 2.05) is 19.1 Å². The summed E-state index contributed by atoms with van der Waals surface area (Å²) in [6.07, 6.45) is 0. The van der Waals surface area contributed by atoms with Crippen molar-refractivity contribution in [3.05, 3.63) is 87.8 Å². The van der Waals surface area contributed by atoms with Gasteiger partial charge in [0.05, 0.1) is 5.56 Å². The second-order valence-electron chi connectivity index (χ2n) is 5.88. The molecule has 0 aliphatic rings. The molecule has 0 spiro atoms. The topological polar surface area (TPSA) is 82.8 Å². The number of benzene rings is 2. The molecule has 1 heterocycles. The van der Waals surface area contributed by atoms with Crippen LogP contribution in [0, 0.1) is 6.92 Å². The molecule has 0 fully saturated rings. The number of esters is 2. The maximum absolute atomic E-state index is 12.1. The minimum atomic E-state index is -0.734. The van der Waals surface area contributed by atoms with Gasteiger partial charge in [-0.25, -0.2) is 9.59 Å². The molecule has 0 radical (unpaired) electrons. The molecule has 1 aromatic heterocycles. The van der Waals surface area contributed by atoms with Crippen LogP contribution in [0.25, 0.3) is 0 Å². The van der Waals surface area contributed by atoms with Crippen molar-refractivity contribution >= 4 is 33.7 Å². The number of rotatable bonds is 6. The highest BCUT2D eigenvalue weighted by Gasteiger charge is 2.15. The molecule has 0 N–H and O–H groups in total. The van der Waals surface area contributed by atoms with Crippen molar-refractivity contribution in [3.8, 4) is 5.75 Å². The third kappa shape index (κ3) is 4.95. The summed E-state index contributed by atoms with van der Waals surface area (Å²) in [5.74, 6) is -1.31. The van der Waals surface area contributed by atoms with Crippen LogP contribution < -0.4 is 4.74 Å². The third-order valence-electron chi connectivity index (χ3n) is 3.78. The first kappa shape index (κ1) is 19.6. The van der Waals surface area contributed by atoms with E-state index in [0.717, 1.165) is 5.56 Å². The average Bonchev–Trinajstić information content (AvgIpc) is 3.13. The Bertz CT molecular complexity index is 1000. The fourth-order valence-electron chi connectivity index (χ4n) is 2.27. The number of ketones is 1. The summed E-state index contributed by atoms with van der Waals surface area (Å²) in [6.45, 7) is 1.50. The van der Waals surface area contributed by atoms with Crippen molar-refractivity contribution in [2.75, 3.05) is 6.61 Å². The molecular weight excluding hydrogens is 428 g/mol. The zero-order chi connectivity index (χ0) is 20.1. The number of ether oxygens (including phenoxy) is 2. The molecule has 0 atom stereocenters. The van der Waals surface area contributed by atoms with Gasteiger partial charge >= 0.3 is 11.9 Å². The summed E-state index contributed by atoms with van der Waals surface area (Å²) in [7, 11) is 0. The largest absolute Gasteiger partial charge is 0.451 e. The highest BCUT2D eigenvalue weighted by Crippen LogP contribution is 2.17. The summed E-state index contributed by atoms with van der Waals surface area (Å²) < 4.78 is 15.7. The lowest BCUT2D eigenvalue weighted by Gasteiger charge is -2.06. The quantitative estimate of drug-likeness (QED) is 0.315. The van der Waals surface area contributed by atoms with Crippen LogP contribution in [0.2, 0.25) is 0 Å². The molecular formula is C21H15BrO6. The molecule has 0 bridgehead atoms. The Kier molecular flexibility index (Phi) is 6.06. The fourth-order valence-corrected chi connectivity index (χ4v) is 2.58. The first-order valence-corrected chi connectivity index (χ1v) is 9.06. The smallest absolute Gasteiger partial charge is 0.374 e. The third-order valence-corrected chi connectivity index (χ3v) is 4.21. The minimum Gasteiger partial charge on any atom is -0.451 e. The van der Waals surface area contributed by atoms with Crippen LogP contribution in [-0.4, -0.2) is 24.3 Å². The summed E-state index contributed by atoms with van der Waals surface area (Å²) in [5.41, 5.74) is 1.80. The van der Waals surface area contributed by atoms with Gasteiger partial charge < -0.3 is 13.9 Å². The van der Waals surface area contributed by atoms with E-state index in [1.54, 1.807) is 18.2 Å². The molecule has 0 saturated carbocycles. The molecule has 6 nitrogen and oxygen atoms in total. The number of furan rings is 1. The standard InChI is InChI=1S/C21H15BrO6/c1-13-2-4-15(5-3-13)20(24)27-16-8-6-14(7-9-16)17(23)12-26-21(25)18-10-11-19(22)28-18/h2-11H,12H2,1H3. The first-order chi connectivity index (χ1) is 13.4. The van der Waals surface area contributed by atoms with E-state index in [4.69, 9.17) is 13.9 Å². The fraction of sp³-hybridized carbons (Fsp3) is 0.0952. The zero-order valence-corrected chi connectivity index (χ0v) is 16.4. The van der Waals surface area contributed by atoms with Crippen LogP contribution in [0.1, 0.15) is 36.8 Å². The monoisotopic (exact) mass is 442 g/mol. The van der Waals surface area contributed by atoms with Gasteiger partial charge in [0.25, 0.3) is 0 Å². The molecule has 7 heteroatoms. The van der Waals surface area contributed by atoms with E-state index in [2.05, 4.69) is 15.9 Å². The van der Waals surface area contributed by atoms with Crippen molar-refractivity contribution in [2.24, 2.45) is 0 Å². The van der Waals surface area contributed by atoms with Crippen molar-refractivity contribution in [2.45, 2.75) is 6.92 Å². The summed E-state index contributed by atoms with van der Waals surface area (Å²) in [6, 6.07) is 16.0. The lowest BCUT2D eigenvalue weighted by Crippen LogP contribution is -2.14. The number of carbonyl (C=O) groups is 3. The van der Waals surface area contributed by atoms with Gasteiger partial charge in [0, 0.05) is 5.56 Å². The van der Waals surface area contributed by atoms with Gasteiger partial charge in [-0.05, 0) is 71.4 Å². The van der Waals surface area contributed by atoms with E-state index >= 15 is 0 Å². The lowest BCUT2D eigenvalue weighted by molar-refractivity contribution is 0.0442. The predicted molar refractivity (Wildman–Crippen MR) is 104 cm³/mol. The van der Waals surface area contributed by atoms with Crippen LogP contribution in [-0.2, 0) is 4.74 Å². The Balaban J connectivity index is 1.55. The van der Waals surface area contributed by atoms with Crippen LogP contribution in [0.4, 0.5) is 0 Å². The van der Waals surface area contributed by atoms with E-state index in [-0.39, 0.29) is 5.76 Å².